The molecular formula is C26H43N2O5S-. The number of benzene rings is 1. The van der Waals surface area contributed by atoms with Crippen LogP contribution in [0.15, 0.2) is 24.3 Å². The van der Waals surface area contributed by atoms with Crippen LogP contribution in [0.3, 0.4) is 0 Å². The molecule has 0 aliphatic heterocycles. The normalized spacial score (nSPS) is 11.8. The van der Waals surface area contributed by atoms with Crippen LogP contribution in [0.1, 0.15) is 108 Å². The van der Waals surface area contributed by atoms with Crippen LogP contribution in [-0.2, 0) is 27.3 Å². The van der Waals surface area contributed by atoms with Crippen molar-refractivity contribution in [1.29, 1.82) is 0 Å². The second kappa shape index (κ2) is 20.4. The predicted octanol–water partition coefficient (Wildman–Crippen LogP) is 5.88. The highest BCUT2D eigenvalue weighted by atomic mass is 32.2. The molecule has 0 aromatic heterocycles. The fourth-order valence-electron chi connectivity index (χ4n) is 3.95. The van der Waals surface area contributed by atoms with Crippen molar-refractivity contribution < 1.29 is 23.5 Å². The number of aliphatic carboxylic acids is 1. The number of carbonyl (C=O) groups excluding carboxylic acids is 1. The van der Waals surface area contributed by atoms with Crippen LogP contribution in [0.2, 0.25) is 0 Å². The van der Waals surface area contributed by atoms with E-state index < -0.39 is 17.2 Å². The van der Waals surface area contributed by atoms with Gasteiger partial charge >= 0.3 is 5.97 Å². The van der Waals surface area contributed by atoms with E-state index in [9.17, 15) is 18.4 Å². The molecule has 1 aromatic carbocycles. The molecule has 1 amide bonds. The van der Waals surface area contributed by atoms with Crippen molar-refractivity contribution in [3.05, 3.63) is 29.8 Å². The highest BCUT2D eigenvalue weighted by Gasteiger charge is 2.02. The lowest BCUT2D eigenvalue weighted by Crippen LogP contribution is -2.25. The van der Waals surface area contributed by atoms with E-state index in [1.54, 1.807) is 12.1 Å². The van der Waals surface area contributed by atoms with Gasteiger partial charge in [0.1, 0.15) is 0 Å². The first-order valence-corrected chi connectivity index (χ1v) is 14.0. The number of rotatable bonds is 22. The van der Waals surface area contributed by atoms with Gasteiger partial charge in [-0.15, -0.1) is 0 Å². The third-order valence-corrected chi connectivity index (χ3v) is 6.34. The number of hydrogen-bond donors (Lipinski definition) is 3. The Morgan fingerprint density at radius 1 is 0.735 bits per heavy atom. The van der Waals surface area contributed by atoms with Crippen LogP contribution in [0.25, 0.3) is 0 Å². The highest BCUT2D eigenvalue weighted by molar-refractivity contribution is 7.80. The smallest absolute Gasteiger partial charge is 0.303 e. The summed E-state index contributed by atoms with van der Waals surface area (Å²) in [5.41, 5.74) is 1.58. The molecule has 0 bridgehead atoms. The Labute approximate surface area is 207 Å². The van der Waals surface area contributed by atoms with Crippen molar-refractivity contribution in [1.82, 2.24) is 5.32 Å². The molecule has 0 aliphatic rings. The maximum Gasteiger partial charge on any atom is 0.303 e. The fraction of sp³-hybridized carbons (Fsp3) is 0.692. The van der Waals surface area contributed by atoms with Crippen LogP contribution in [-0.4, -0.2) is 32.3 Å². The van der Waals surface area contributed by atoms with Crippen molar-refractivity contribution >= 4 is 28.8 Å². The van der Waals surface area contributed by atoms with Gasteiger partial charge in [0.15, 0.2) is 0 Å². The molecule has 1 atom stereocenters. The summed E-state index contributed by atoms with van der Waals surface area (Å²) >= 11 is -2.32. The van der Waals surface area contributed by atoms with E-state index in [2.05, 4.69) is 10.0 Å². The molecule has 1 aromatic rings. The molecule has 0 aliphatic carbocycles. The third-order valence-electron chi connectivity index (χ3n) is 5.94. The lowest BCUT2D eigenvalue weighted by molar-refractivity contribution is -0.137. The molecular weight excluding hydrogens is 452 g/mol. The Hall–Kier alpha value is -1.93. The van der Waals surface area contributed by atoms with E-state index >= 15 is 0 Å². The molecule has 0 spiro atoms. The largest absolute Gasteiger partial charge is 0.755 e. The molecule has 0 saturated heterocycles. The van der Waals surface area contributed by atoms with Gasteiger partial charge in [-0.3, -0.25) is 13.8 Å². The molecule has 3 N–H and O–H groups in total. The number of anilines is 1. The molecule has 0 heterocycles. The molecule has 34 heavy (non-hydrogen) atoms. The summed E-state index contributed by atoms with van der Waals surface area (Å²) in [6, 6.07) is 7.13. The number of carboxylic acid groups (broad SMARTS) is 1. The Bertz CT molecular complexity index is 697. The monoisotopic (exact) mass is 495 g/mol. The van der Waals surface area contributed by atoms with E-state index in [4.69, 9.17) is 5.11 Å². The minimum atomic E-state index is -2.32. The molecule has 8 heteroatoms. The van der Waals surface area contributed by atoms with Gasteiger partial charge in [-0.25, -0.2) is 0 Å². The van der Waals surface area contributed by atoms with E-state index in [-0.39, 0.29) is 5.91 Å². The van der Waals surface area contributed by atoms with E-state index in [0.717, 1.165) is 44.1 Å². The highest BCUT2D eigenvalue weighted by Crippen LogP contribution is 2.14. The SMILES string of the molecule is O=C(O)CCCCCCCCCCCCCCCCC(=O)NCCc1ccc(NS(=O)[O-])cc1. The second-order valence-electron chi connectivity index (χ2n) is 8.98. The van der Waals surface area contributed by atoms with Crippen LogP contribution in [0.4, 0.5) is 5.69 Å². The molecule has 7 nitrogen and oxygen atoms in total. The average Bonchev–Trinajstić information content (AvgIpc) is 2.79. The van der Waals surface area contributed by atoms with Crippen molar-refractivity contribution in [3.8, 4) is 0 Å². The lowest BCUT2D eigenvalue weighted by Gasteiger charge is -2.09. The van der Waals surface area contributed by atoms with Gasteiger partial charge in [-0.05, 0) is 37.0 Å². The molecule has 194 valence electrons. The van der Waals surface area contributed by atoms with Crippen LogP contribution >= 0.6 is 0 Å². The summed E-state index contributed by atoms with van der Waals surface area (Å²) in [6.07, 6.45) is 18.1. The molecule has 0 radical (unpaired) electrons. The lowest BCUT2D eigenvalue weighted by atomic mass is 10.0. The Kier molecular flexibility index (Phi) is 18.1. The number of unbranched alkanes of at least 4 members (excludes halogenated alkanes) is 13. The summed E-state index contributed by atoms with van der Waals surface area (Å²) < 4.78 is 23.5. The van der Waals surface area contributed by atoms with Gasteiger partial charge in [-0.2, -0.15) is 0 Å². The van der Waals surface area contributed by atoms with Gasteiger partial charge in [-0.1, -0.05) is 89.2 Å². The first-order chi connectivity index (χ1) is 16.5. The van der Waals surface area contributed by atoms with E-state index in [0.29, 0.717) is 25.1 Å². The quantitative estimate of drug-likeness (QED) is 0.137. The van der Waals surface area contributed by atoms with Crippen LogP contribution in [0, 0.1) is 0 Å². The van der Waals surface area contributed by atoms with Crippen molar-refractivity contribution in [2.45, 2.75) is 109 Å². The van der Waals surface area contributed by atoms with Crippen molar-refractivity contribution in [2.75, 3.05) is 11.3 Å². The summed E-state index contributed by atoms with van der Waals surface area (Å²) in [7, 11) is 0. The zero-order valence-corrected chi connectivity index (χ0v) is 21.3. The Morgan fingerprint density at radius 3 is 1.62 bits per heavy atom. The second-order valence-corrected chi connectivity index (χ2v) is 9.65. The number of nitrogens with one attached hydrogen (secondary N) is 2. The van der Waals surface area contributed by atoms with Crippen LogP contribution in [0.5, 0.6) is 0 Å². The van der Waals surface area contributed by atoms with Gasteiger partial charge < -0.3 is 19.7 Å². The van der Waals surface area contributed by atoms with Gasteiger partial charge in [0.2, 0.25) is 5.91 Å². The number of hydrogen-bond acceptors (Lipinski definition) is 4. The maximum absolute atomic E-state index is 12.0. The molecule has 1 unspecified atom stereocenters. The van der Waals surface area contributed by atoms with Crippen molar-refractivity contribution in [3.63, 3.8) is 0 Å². The van der Waals surface area contributed by atoms with Gasteiger partial charge in [0.25, 0.3) is 0 Å². The minimum absolute atomic E-state index is 0.0990. The average molecular weight is 496 g/mol. The topological polar surface area (TPSA) is 119 Å². The van der Waals surface area contributed by atoms with E-state index in [1.807, 2.05) is 12.1 Å². The predicted molar refractivity (Wildman–Crippen MR) is 137 cm³/mol. The summed E-state index contributed by atoms with van der Waals surface area (Å²) in [6.45, 7) is 0.587. The number of amides is 1. The molecule has 0 fully saturated rings. The fourth-order valence-corrected chi connectivity index (χ4v) is 4.28. The number of carbonyl (C=O) groups is 2. The first kappa shape index (κ1) is 30.1. The van der Waals surface area contributed by atoms with Crippen molar-refractivity contribution in [2.24, 2.45) is 0 Å². The Balaban J connectivity index is 1.84. The van der Waals surface area contributed by atoms with Gasteiger partial charge in [0.05, 0.1) is 0 Å². The maximum atomic E-state index is 12.0. The zero-order valence-electron chi connectivity index (χ0n) is 20.5. The van der Waals surface area contributed by atoms with Crippen LogP contribution < -0.4 is 10.0 Å². The third kappa shape index (κ3) is 18.5. The number of carboxylic acids is 1. The van der Waals surface area contributed by atoms with E-state index in [1.165, 1.54) is 57.8 Å². The summed E-state index contributed by atoms with van der Waals surface area (Å²) in [5.74, 6) is -0.586. The zero-order chi connectivity index (χ0) is 24.9. The van der Waals surface area contributed by atoms with Gasteiger partial charge in [0, 0.05) is 36.3 Å². The minimum Gasteiger partial charge on any atom is -0.755 e. The summed E-state index contributed by atoms with van der Waals surface area (Å²) in [5, 5.41) is 11.5. The standard InChI is InChI=1S/C26H44N2O5S/c29-25(27-22-21-23-17-19-24(20-18-23)28-34(32)33)15-13-11-9-7-5-3-1-2-4-6-8-10-12-14-16-26(30)31/h17-20,28H,1-16,21-22H2,(H,27,29)(H,30,31)(H,32,33)/p-1. The first-order valence-electron chi connectivity index (χ1n) is 12.9. The molecule has 0 saturated carbocycles. The molecule has 1 rings (SSSR count). The Morgan fingerprint density at radius 2 is 1.18 bits per heavy atom. The summed E-state index contributed by atoms with van der Waals surface area (Å²) in [4.78, 5) is 22.4.